The Morgan fingerprint density at radius 3 is 2.59 bits per heavy atom. The van der Waals surface area contributed by atoms with Crippen LogP contribution in [0.3, 0.4) is 0 Å². The molecule has 2 aromatic rings. The Balaban J connectivity index is 2.28. The summed E-state index contributed by atoms with van der Waals surface area (Å²) in [5.41, 5.74) is 1.52. The summed E-state index contributed by atoms with van der Waals surface area (Å²) < 4.78 is 5.43. The van der Waals surface area contributed by atoms with Crippen molar-refractivity contribution in [2.45, 2.75) is 19.3 Å². The van der Waals surface area contributed by atoms with Gasteiger partial charge < -0.3 is 9.84 Å². The number of benzene rings is 2. The molecule has 0 bridgehead atoms. The van der Waals surface area contributed by atoms with E-state index in [1.54, 1.807) is 36.4 Å². The van der Waals surface area contributed by atoms with Gasteiger partial charge in [0.25, 0.3) is 0 Å². The minimum Gasteiger partial charge on any atom is -0.494 e. The van der Waals surface area contributed by atoms with Gasteiger partial charge in [-0.15, -0.1) is 0 Å². The normalized spacial score (nSPS) is 12.0. The molecule has 0 spiro atoms. The first kappa shape index (κ1) is 16.7. The molecule has 1 atom stereocenters. The lowest BCUT2D eigenvalue weighted by Gasteiger charge is -2.14. The Morgan fingerprint density at radius 2 is 1.95 bits per heavy atom. The van der Waals surface area contributed by atoms with Crippen LogP contribution >= 0.6 is 23.2 Å². The lowest BCUT2D eigenvalue weighted by molar-refractivity contribution is -0.138. The molecule has 2 rings (SSSR count). The fourth-order valence-electron chi connectivity index (χ4n) is 2.24. The van der Waals surface area contributed by atoms with Gasteiger partial charge in [0.2, 0.25) is 0 Å². The number of carboxylic acids is 1. The van der Waals surface area contributed by atoms with Crippen molar-refractivity contribution in [3.05, 3.63) is 63.6 Å². The molecule has 1 unspecified atom stereocenters. The molecule has 0 aliphatic rings. The van der Waals surface area contributed by atoms with Gasteiger partial charge in [0.05, 0.1) is 22.6 Å². The van der Waals surface area contributed by atoms with Gasteiger partial charge in [0.1, 0.15) is 5.75 Å². The molecule has 0 aliphatic carbocycles. The number of hydrogen-bond donors (Lipinski definition) is 1. The zero-order valence-corrected chi connectivity index (χ0v) is 13.6. The van der Waals surface area contributed by atoms with E-state index in [1.807, 2.05) is 13.0 Å². The van der Waals surface area contributed by atoms with Crippen molar-refractivity contribution in [1.82, 2.24) is 0 Å². The van der Waals surface area contributed by atoms with Crippen molar-refractivity contribution >= 4 is 29.2 Å². The van der Waals surface area contributed by atoms with Crippen LogP contribution in [0.2, 0.25) is 10.0 Å². The molecule has 5 heteroatoms. The summed E-state index contributed by atoms with van der Waals surface area (Å²) in [6.45, 7) is 2.42. The highest BCUT2D eigenvalue weighted by Crippen LogP contribution is 2.28. The molecule has 0 saturated heterocycles. The average molecular weight is 339 g/mol. The topological polar surface area (TPSA) is 46.5 Å². The highest BCUT2D eigenvalue weighted by molar-refractivity contribution is 6.42. The van der Waals surface area contributed by atoms with Crippen LogP contribution < -0.4 is 4.74 Å². The van der Waals surface area contributed by atoms with E-state index in [0.717, 1.165) is 5.56 Å². The molecule has 0 radical (unpaired) electrons. The van der Waals surface area contributed by atoms with E-state index in [1.165, 1.54) is 0 Å². The van der Waals surface area contributed by atoms with Gasteiger partial charge in [-0.25, -0.2) is 0 Å². The summed E-state index contributed by atoms with van der Waals surface area (Å²) in [6, 6.07) is 12.3. The summed E-state index contributed by atoms with van der Waals surface area (Å²) in [7, 11) is 0. The van der Waals surface area contributed by atoms with Crippen LogP contribution in [0.25, 0.3) is 0 Å². The number of carbonyl (C=O) groups is 1. The SMILES string of the molecule is CCOc1cccc(C(Cc2ccc(Cl)c(Cl)c2)C(=O)O)c1. The molecular weight excluding hydrogens is 323 g/mol. The van der Waals surface area contributed by atoms with E-state index in [-0.39, 0.29) is 0 Å². The van der Waals surface area contributed by atoms with Crippen LogP contribution in [-0.4, -0.2) is 17.7 Å². The quantitative estimate of drug-likeness (QED) is 0.822. The largest absolute Gasteiger partial charge is 0.494 e. The number of rotatable bonds is 6. The molecule has 0 fully saturated rings. The van der Waals surface area contributed by atoms with Gasteiger partial charge in [-0.2, -0.15) is 0 Å². The Labute approximate surface area is 139 Å². The Morgan fingerprint density at radius 1 is 1.18 bits per heavy atom. The molecule has 0 aromatic heterocycles. The van der Waals surface area contributed by atoms with Crippen LogP contribution in [0.1, 0.15) is 24.0 Å². The molecule has 0 heterocycles. The predicted molar refractivity (Wildman–Crippen MR) is 88.2 cm³/mol. The maximum Gasteiger partial charge on any atom is 0.311 e. The van der Waals surface area contributed by atoms with Crippen LogP contribution in [0.5, 0.6) is 5.75 Å². The molecule has 0 aliphatic heterocycles. The van der Waals surface area contributed by atoms with Gasteiger partial charge in [-0.1, -0.05) is 41.4 Å². The highest BCUT2D eigenvalue weighted by atomic mass is 35.5. The lowest BCUT2D eigenvalue weighted by Crippen LogP contribution is -2.14. The van der Waals surface area contributed by atoms with E-state index >= 15 is 0 Å². The molecule has 1 N–H and O–H groups in total. The smallest absolute Gasteiger partial charge is 0.311 e. The van der Waals surface area contributed by atoms with Crippen LogP contribution in [-0.2, 0) is 11.2 Å². The van der Waals surface area contributed by atoms with Gasteiger partial charge in [-0.05, 0) is 48.7 Å². The van der Waals surface area contributed by atoms with Crippen LogP contribution in [0, 0.1) is 0 Å². The van der Waals surface area contributed by atoms with E-state index in [2.05, 4.69) is 0 Å². The second kappa shape index (κ2) is 7.52. The van der Waals surface area contributed by atoms with E-state index < -0.39 is 11.9 Å². The summed E-state index contributed by atoms with van der Waals surface area (Å²) in [4.78, 5) is 11.6. The number of aliphatic carboxylic acids is 1. The van der Waals surface area contributed by atoms with Gasteiger partial charge >= 0.3 is 5.97 Å². The highest BCUT2D eigenvalue weighted by Gasteiger charge is 2.21. The predicted octanol–water partition coefficient (Wildman–Crippen LogP) is 4.80. The third kappa shape index (κ3) is 4.15. The first-order valence-electron chi connectivity index (χ1n) is 6.90. The van der Waals surface area contributed by atoms with Crippen molar-refractivity contribution in [3.63, 3.8) is 0 Å². The van der Waals surface area contributed by atoms with Gasteiger partial charge in [0, 0.05) is 0 Å². The maximum absolute atomic E-state index is 11.6. The fourth-order valence-corrected chi connectivity index (χ4v) is 2.56. The zero-order chi connectivity index (χ0) is 16.1. The molecule has 0 saturated carbocycles. The summed E-state index contributed by atoms with van der Waals surface area (Å²) in [5.74, 6) is -0.891. The van der Waals surface area contributed by atoms with E-state index in [4.69, 9.17) is 27.9 Å². The first-order valence-corrected chi connectivity index (χ1v) is 7.66. The third-order valence-corrected chi connectivity index (χ3v) is 4.03. The first-order chi connectivity index (χ1) is 10.5. The molecular formula is C17H16Cl2O3. The van der Waals surface area contributed by atoms with Gasteiger partial charge in [0.15, 0.2) is 0 Å². The molecule has 3 nitrogen and oxygen atoms in total. The zero-order valence-electron chi connectivity index (χ0n) is 12.1. The van der Waals surface area contributed by atoms with Crippen LogP contribution in [0.4, 0.5) is 0 Å². The molecule has 2 aromatic carbocycles. The second-order valence-corrected chi connectivity index (χ2v) is 5.66. The number of hydrogen-bond acceptors (Lipinski definition) is 2. The average Bonchev–Trinajstić information content (AvgIpc) is 2.48. The molecule has 116 valence electrons. The van der Waals surface area contributed by atoms with Crippen molar-refractivity contribution < 1.29 is 14.6 Å². The maximum atomic E-state index is 11.6. The monoisotopic (exact) mass is 338 g/mol. The van der Waals surface area contributed by atoms with Crippen molar-refractivity contribution in [2.24, 2.45) is 0 Å². The number of carboxylic acid groups (broad SMARTS) is 1. The summed E-state index contributed by atoms with van der Waals surface area (Å²) >= 11 is 11.9. The third-order valence-electron chi connectivity index (χ3n) is 3.29. The van der Waals surface area contributed by atoms with E-state index in [9.17, 15) is 9.90 Å². The minimum atomic E-state index is -0.889. The van der Waals surface area contributed by atoms with E-state index in [0.29, 0.717) is 34.4 Å². The Kier molecular flexibility index (Phi) is 5.69. The van der Waals surface area contributed by atoms with Gasteiger partial charge in [-0.3, -0.25) is 4.79 Å². The fraction of sp³-hybridized carbons (Fsp3) is 0.235. The standard InChI is InChI=1S/C17H16Cl2O3/c1-2-22-13-5-3-4-12(10-13)14(17(20)21)8-11-6-7-15(18)16(19)9-11/h3-7,9-10,14H,2,8H2,1H3,(H,20,21). The number of halogens is 2. The number of ether oxygens (including phenoxy) is 1. The summed E-state index contributed by atoms with van der Waals surface area (Å²) in [6.07, 6.45) is 0.335. The minimum absolute atomic E-state index is 0.335. The Bertz CT molecular complexity index is 671. The molecule has 0 amide bonds. The van der Waals surface area contributed by atoms with Crippen molar-refractivity contribution in [2.75, 3.05) is 6.61 Å². The lowest BCUT2D eigenvalue weighted by atomic mass is 9.92. The molecule has 22 heavy (non-hydrogen) atoms. The second-order valence-electron chi connectivity index (χ2n) is 4.85. The van der Waals surface area contributed by atoms with Crippen LogP contribution in [0.15, 0.2) is 42.5 Å². The Hall–Kier alpha value is -1.71. The summed E-state index contributed by atoms with van der Waals surface area (Å²) in [5, 5.41) is 10.4. The van der Waals surface area contributed by atoms with Crippen molar-refractivity contribution in [3.8, 4) is 5.75 Å². The van der Waals surface area contributed by atoms with Crippen molar-refractivity contribution in [1.29, 1.82) is 0 Å².